The summed E-state index contributed by atoms with van der Waals surface area (Å²) in [7, 11) is 1.57. The first-order chi connectivity index (χ1) is 11.7. The maximum atomic E-state index is 12.5. The minimum Gasteiger partial charge on any atom is -0.473 e. The fourth-order valence-corrected chi connectivity index (χ4v) is 4.77. The number of ether oxygens (including phenoxy) is 2. The van der Waals surface area contributed by atoms with Crippen molar-refractivity contribution in [1.82, 2.24) is 15.2 Å². The first kappa shape index (κ1) is 15.9. The van der Waals surface area contributed by atoms with E-state index in [1.807, 2.05) is 12.1 Å². The van der Waals surface area contributed by atoms with Crippen molar-refractivity contribution in [3.8, 4) is 15.3 Å². The molecule has 3 saturated heterocycles. The molecule has 2 aromatic rings. The SMILES string of the molecule is COc1ncc(Oc2ccc(C(=O)NC3CN4CCC3CC4)s2)s1. The number of fused-ring (bicyclic) bond motifs is 3. The van der Waals surface area contributed by atoms with Crippen LogP contribution >= 0.6 is 22.7 Å². The number of nitrogens with one attached hydrogen (secondary N) is 1. The summed E-state index contributed by atoms with van der Waals surface area (Å²) in [6.45, 7) is 3.32. The molecular weight excluding hydrogens is 346 g/mol. The van der Waals surface area contributed by atoms with Crippen LogP contribution in [0.2, 0.25) is 0 Å². The first-order valence-corrected chi connectivity index (χ1v) is 9.65. The zero-order valence-corrected chi connectivity index (χ0v) is 15.0. The molecule has 5 heterocycles. The molecule has 3 fully saturated rings. The predicted molar refractivity (Wildman–Crippen MR) is 93.5 cm³/mol. The van der Waals surface area contributed by atoms with Crippen molar-refractivity contribution < 1.29 is 14.3 Å². The molecule has 0 spiro atoms. The molecule has 2 bridgehead atoms. The number of nitrogens with zero attached hydrogens (tertiary/aromatic N) is 2. The van der Waals surface area contributed by atoms with Gasteiger partial charge in [0.15, 0.2) is 5.06 Å². The van der Waals surface area contributed by atoms with Crippen molar-refractivity contribution in [3.63, 3.8) is 0 Å². The molecule has 1 atom stereocenters. The van der Waals surface area contributed by atoms with Gasteiger partial charge in [0.2, 0.25) is 5.06 Å². The minimum atomic E-state index is -0.00418. The summed E-state index contributed by atoms with van der Waals surface area (Å²) < 4.78 is 10.8. The summed E-state index contributed by atoms with van der Waals surface area (Å²) in [5.41, 5.74) is 0. The van der Waals surface area contributed by atoms with Crippen LogP contribution in [0.25, 0.3) is 0 Å². The Bertz CT molecular complexity index is 722. The second-order valence-corrected chi connectivity index (χ2v) is 8.09. The van der Waals surface area contributed by atoms with Crippen LogP contribution in [-0.2, 0) is 0 Å². The van der Waals surface area contributed by atoms with Gasteiger partial charge in [-0.25, -0.2) is 4.98 Å². The third-order valence-corrected chi connectivity index (χ3v) is 6.42. The highest BCUT2D eigenvalue weighted by Gasteiger charge is 2.35. The van der Waals surface area contributed by atoms with Gasteiger partial charge in [-0.3, -0.25) is 4.79 Å². The molecule has 1 N–H and O–H groups in total. The molecule has 1 unspecified atom stereocenters. The Morgan fingerprint density at radius 3 is 2.79 bits per heavy atom. The second kappa shape index (κ2) is 6.70. The Morgan fingerprint density at radius 1 is 1.29 bits per heavy atom. The van der Waals surface area contributed by atoms with Crippen LogP contribution in [0.15, 0.2) is 18.3 Å². The van der Waals surface area contributed by atoms with E-state index in [1.54, 1.807) is 13.3 Å². The number of amides is 1. The number of rotatable bonds is 5. The van der Waals surface area contributed by atoms with Gasteiger partial charge in [-0.15, -0.1) is 0 Å². The van der Waals surface area contributed by atoms with E-state index in [9.17, 15) is 4.79 Å². The van der Waals surface area contributed by atoms with Crippen molar-refractivity contribution in [1.29, 1.82) is 0 Å². The summed E-state index contributed by atoms with van der Waals surface area (Å²) in [4.78, 5) is 19.7. The standard InChI is InChI=1S/C16H19N3O3S2/c1-21-16-17-8-14(24-16)22-13-3-2-12(23-13)15(20)18-11-9-19-6-4-10(11)5-7-19/h2-3,8,10-11H,4-7,9H2,1H3,(H,18,20). The molecule has 0 radical (unpaired) electrons. The maximum Gasteiger partial charge on any atom is 0.276 e. The summed E-state index contributed by atoms with van der Waals surface area (Å²) in [6, 6.07) is 3.91. The number of thiophene rings is 1. The van der Waals surface area contributed by atoms with Gasteiger partial charge in [0.1, 0.15) is 0 Å². The highest BCUT2D eigenvalue weighted by atomic mass is 32.1. The number of methoxy groups -OCH3 is 1. The number of piperidine rings is 3. The zero-order valence-electron chi connectivity index (χ0n) is 13.4. The highest BCUT2D eigenvalue weighted by molar-refractivity contribution is 7.16. The van der Waals surface area contributed by atoms with E-state index in [4.69, 9.17) is 9.47 Å². The summed E-state index contributed by atoms with van der Waals surface area (Å²) in [6.07, 6.45) is 4.00. The van der Waals surface area contributed by atoms with Gasteiger partial charge in [-0.1, -0.05) is 11.3 Å². The van der Waals surface area contributed by atoms with Crippen LogP contribution in [0.1, 0.15) is 22.5 Å². The van der Waals surface area contributed by atoms with Gasteiger partial charge < -0.3 is 19.7 Å². The minimum absolute atomic E-state index is 0.00418. The molecular formula is C16H19N3O3S2. The smallest absolute Gasteiger partial charge is 0.276 e. The van der Waals surface area contributed by atoms with Crippen LogP contribution in [-0.4, -0.2) is 48.6 Å². The van der Waals surface area contributed by atoms with Gasteiger partial charge in [0.25, 0.3) is 11.1 Å². The predicted octanol–water partition coefficient (Wildman–Crippen LogP) is 2.83. The molecule has 1 amide bonds. The van der Waals surface area contributed by atoms with E-state index in [0.29, 0.717) is 26.1 Å². The van der Waals surface area contributed by atoms with Crippen molar-refractivity contribution in [3.05, 3.63) is 23.2 Å². The average Bonchev–Trinajstić information content (AvgIpc) is 3.26. The number of carbonyl (C=O) groups is 1. The van der Waals surface area contributed by atoms with Gasteiger partial charge in [0.05, 0.1) is 18.2 Å². The summed E-state index contributed by atoms with van der Waals surface area (Å²) in [5, 5.41) is 5.09. The Hall–Kier alpha value is -1.64. The molecule has 2 aromatic heterocycles. The van der Waals surface area contributed by atoms with Crippen LogP contribution < -0.4 is 14.8 Å². The number of hydrogen-bond donors (Lipinski definition) is 1. The number of aromatic nitrogens is 1. The van der Waals surface area contributed by atoms with E-state index in [-0.39, 0.29) is 11.9 Å². The van der Waals surface area contributed by atoms with E-state index in [2.05, 4.69) is 15.2 Å². The maximum absolute atomic E-state index is 12.5. The van der Waals surface area contributed by atoms with Crippen LogP contribution in [0.4, 0.5) is 0 Å². The number of carbonyl (C=O) groups excluding carboxylic acids is 1. The topological polar surface area (TPSA) is 63.7 Å². The molecule has 24 heavy (non-hydrogen) atoms. The van der Waals surface area contributed by atoms with E-state index in [0.717, 1.165) is 6.54 Å². The van der Waals surface area contributed by atoms with Crippen molar-refractivity contribution in [2.45, 2.75) is 18.9 Å². The van der Waals surface area contributed by atoms with E-state index < -0.39 is 0 Å². The highest BCUT2D eigenvalue weighted by Crippen LogP contribution is 2.35. The van der Waals surface area contributed by atoms with E-state index >= 15 is 0 Å². The molecule has 0 saturated carbocycles. The number of thiazole rings is 1. The van der Waals surface area contributed by atoms with E-state index in [1.165, 1.54) is 48.6 Å². The lowest BCUT2D eigenvalue weighted by atomic mass is 9.84. The monoisotopic (exact) mass is 365 g/mol. The van der Waals surface area contributed by atoms with Crippen molar-refractivity contribution in [2.24, 2.45) is 5.92 Å². The van der Waals surface area contributed by atoms with Gasteiger partial charge >= 0.3 is 0 Å². The molecule has 0 aromatic carbocycles. The Balaban J connectivity index is 1.38. The number of hydrogen-bond acceptors (Lipinski definition) is 7. The Kier molecular flexibility index (Phi) is 4.43. The molecule has 128 valence electrons. The lowest BCUT2D eigenvalue weighted by Gasteiger charge is -2.44. The molecule has 0 aliphatic carbocycles. The normalized spacial score (nSPS) is 25.5. The average molecular weight is 365 g/mol. The Morgan fingerprint density at radius 2 is 2.12 bits per heavy atom. The first-order valence-electron chi connectivity index (χ1n) is 8.02. The van der Waals surface area contributed by atoms with Crippen molar-refractivity contribution >= 4 is 28.6 Å². The third-order valence-electron chi connectivity index (χ3n) is 4.62. The lowest BCUT2D eigenvalue weighted by molar-refractivity contribution is 0.0622. The fraction of sp³-hybridized carbons (Fsp3) is 0.500. The zero-order chi connectivity index (χ0) is 16.5. The van der Waals surface area contributed by atoms with Crippen LogP contribution in [0.3, 0.4) is 0 Å². The van der Waals surface area contributed by atoms with Crippen LogP contribution in [0, 0.1) is 5.92 Å². The molecule has 5 rings (SSSR count). The fourth-order valence-electron chi connectivity index (χ4n) is 3.35. The lowest BCUT2D eigenvalue weighted by Crippen LogP contribution is -2.57. The van der Waals surface area contributed by atoms with Gasteiger partial charge in [0, 0.05) is 12.6 Å². The Labute approximate surface area is 148 Å². The molecule has 8 heteroatoms. The summed E-state index contributed by atoms with van der Waals surface area (Å²) in [5.74, 6) is 0.620. The molecule has 3 aliphatic rings. The van der Waals surface area contributed by atoms with Gasteiger partial charge in [-0.2, -0.15) is 0 Å². The summed E-state index contributed by atoms with van der Waals surface area (Å²) >= 11 is 2.68. The molecule has 3 aliphatic heterocycles. The van der Waals surface area contributed by atoms with Gasteiger partial charge in [-0.05, 0) is 55.3 Å². The van der Waals surface area contributed by atoms with Crippen molar-refractivity contribution in [2.75, 3.05) is 26.7 Å². The third kappa shape index (κ3) is 3.26. The largest absolute Gasteiger partial charge is 0.473 e. The van der Waals surface area contributed by atoms with Crippen LogP contribution in [0.5, 0.6) is 15.3 Å². The molecule has 6 nitrogen and oxygen atoms in total. The quantitative estimate of drug-likeness (QED) is 0.883. The second-order valence-electron chi connectivity index (χ2n) is 6.09.